The molecule has 96 valence electrons. The van der Waals surface area contributed by atoms with Crippen LogP contribution >= 0.6 is 0 Å². The molecule has 0 saturated heterocycles. The minimum Gasteiger partial charge on any atom is -0.377 e. The van der Waals surface area contributed by atoms with Crippen LogP contribution in [0.1, 0.15) is 6.92 Å². The van der Waals surface area contributed by atoms with Gasteiger partial charge in [-0.05, 0) is 25.1 Å². The minimum absolute atomic E-state index is 0.0362. The molecule has 0 bridgehead atoms. The molecule has 18 heavy (non-hydrogen) atoms. The van der Waals surface area contributed by atoms with Gasteiger partial charge in [-0.25, -0.2) is 0 Å². The molecule has 1 heterocycles. The van der Waals surface area contributed by atoms with Crippen LogP contribution in [0.4, 0.5) is 5.69 Å². The lowest BCUT2D eigenvalue weighted by Gasteiger charge is -2.23. The summed E-state index contributed by atoms with van der Waals surface area (Å²) in [6.45, 7) is 2.00. The highest BCUT2D eigenvalue weighted by molar-refractivity contribution is 5.78. The second kappa shape index (κ2) is 5.75. The second-order valence-corrected chi connectivity index (χ2v) is 4.03. The first-order valence-electron chi connectivity index (χ1n) is 5.77. The average molecular weight is 247 g/mol. The van der Waals surface area contributed by atoms with Crippen molar-refractivity contribution < 1.29 is 9.47 Å². The van der Waals surface area contributed by atoms with Gasteiger partial charge >= 0.3 is 0 Å². The molecule has 0 aliphatic heterocycles. The fourth-order valence-corrected chi connectivity index (χ4v) is 1.89. The molecule has 5 nitrogen and oxygen atoms in total. The van der Waals surface area contributed by atoms with Gasteiger partial charge in [0.2, 0.25) is 0 Å². The van der Waals surface area contributed by atoms with Gasteiger partial charge in [-0.1, -0.05) is 0 Å². The molecule has 0 aliphatic carbocycles. The van der Waals surface area contributed by atoms with Crippen molar-refractivity contribution in [3.8, 4) is 0 Å². The van der Waals surface area contributed by atoms with Gasteiger partial charge < -0.3 is 14.8 Å². The molecule has 0 radical (unpaired) electrons. The van der Waals surface area contributed by atoms with E-state index in [4.69, 9.17) is 9.47 Å². The van der Waals surface area contributed by atoms with E-state index in [-0.39, 0.29) is 12.3 Å². The summed E-state index contributed by atoms with van der Waals surface area (Å²) in [6, 6.07) is 5.90. The highest BCUT2D eigenvalue weighted by Gasteiger charge is 2.15. The van der Waals surface area contributed by atoms with Crippen LogP contribution in [0.2, 0.25) is 0 Å². The van der Waals surface area contributed by atoms with Crippen molar-refractivity contribution in [2.45, 2.75) is 19.3 Å². The van der Waals surface area contributed by atoms with Gasteiger partial charge in [0.1, 0.15) is 0 Å². The summed E-state index contributed by atoms with van der Waals surface area (Å²) in [5.74, 6) is 0. The highest BCUT2D eigenvalue weighted by Crippen LogP contribution is 2.17. The van der Waals surface area contributed by atoms with Crippen molar-refractivity contribution in [3.05, 3.63) is 30.6 Å². The maximum atomic E-state index is 5.21. The van der Waals surface area contributed by atoms with Crippen LogP contribution in [-0.4, -0.2) is 36.5 Å². The van der Waals surface area contributed by atoms with E-state index in [1.54, 1.807) is 26.6 Å². The Bertz CT molecular complexity index is 514. The summed E-state index contributed by atoms with van der Waals surface area (Å²) < 4.78 is 10.4. The van der Waals surface area contributed by atoms with Gasteiger partial charge in [0.25, 0.3) is 0 Å². The van der Waals surface area contributed by atoms with Gasteiger partial charge in [-0.2, -0.15) is 0 Å². The minimum atomic E-state index is -0.289. The fraction of sp³-hybridized carbons (Fsp3) is 0.385. The Hall–Kier alpha value is -1.72. The molecule has 2 rings (SSSR count). The first kappa shape index (κ1) is 12.7. The zero-order valence-electron chi connectivity index (χ0n) is 10.8. The molecule has 0 aliphatic rings. The Morgan fingerprint density at radius 1 is 1.06 bits per heavy atom. The molecule has 1 unspecified atom stereocenters. The van der Waals surface area contributed by atoms with Crippen LogP contribution in [0.5, 0.6) is 0 Å². The Morgan fingerprint density at radius 2 is 1.72 bits per heavy atom. The van der Waals surface area contributed by atoms with Crippen LogP contribution < -0.4 is 5.32 Å². The van der Waals surface area contributed by atoms with Crippen molar-refractivity contribution in [2.24, 2.45) is 0 Å². The van der Waals surface area contributed by atoms with Gasteiger partial charge in [-0.15, -0.1) is 0 Å². The number of nitrogens with zero attached hydrogens (tertiary/aromatic N) is 2. The Balaban J connectivity index is 2.16. The van der Waals surface area contributed by atoms with E-state index in [0.717, 1.165) is 16.7 Å². The molecule has 1 N–H and O–H groups in total. The van der Waals surface area contributed by atoms with E-state index in [1.807, 2.05) is 25.1 Å². The molecule has 0 amide bonds. The smallest absolute Gasteiger partial charge is 0.176 e. The number of aromatic nitrogens is 2. The average Bonchev–Trinajstić information content (AvgIpc) is 2.40. The number of benzene rings is 1. The summed E-state index contributed by atoms with van der Waals surface area (Å²) in [5, 5.41) is 3.32. The quantitative estimate of drug-likeness (QED) is 0.819. The molecule has 1 atom stereocenters. The number of rotatable bonds is 5. The number of fused-ring (bicyclic) bond motifs is 1. The van der Waals surface area contributed by atoms with Crippen LogP contribution in [0, 0.1) is 0 Å². The molecular formula is C13H17N3O2. The van der Waals surface area contributed by atoms with E-state index in [0.29, 0.717) is 0 Å². The molecule has 5 heteroatoms. The Morgan fingerprint density at radius 3 is 2.39 bits per heavy atom. The lowest BCUT2D eigenvalue weighted by molar-refractivity contribution is -0.109. The topological polar surface area (TPSA) is 56.3 Å². The number of ether oxygens (including phenoxy) is 2. The van der Waals surface area contributed by atoms with Crippen molar-refractivity contribution in [1.82, 2.24) is 9.97 Å². The Kier molecular flexibility index (Phi) is 4.07. The predicted molar refractivity (Wildman–Crippen MR) is 70.4 cm³/mol. The molecular weight excluding hydrogens is 230 g/mol. The third kappa shape index (κ3) is 2.75. The fourth-order valence-electron chi connectivity index (χ4n) is 1.89. The number of hydrogen-bond acceptors (Lipinski definition) is 5. The van der Waals surface area contributed by atoms with Crippen molar-refractivity contribution in [3.63, 3.8) is 0 Å². The third-order valence-corrected chi connectivity index (χ3v) is 2.74. The van der Waals surface area contributed by atoms with Crippen molar-refractivity contribution >= 4 is 16.7 Å². The summed E-state index contributed by atoms with van der Waals surface area (Å²) in [7, 11) is 3.25. The standard InChI is InChI=1S/C13H17N3O2/c1-9(13(17-2)18-3)16-10-4-5-11-12(8-10)15-7-6-14-11/h4-9,13,16H,1-3H3. The van der Waals surface area contributed by atoms with E-state index in [9.17, 15) is 0 Å². The molecule has 1 aromatic heterocycles. The number of hydrogen-bond donors (Lipinski definition) is 1. The monoisotopic (exact) mass is 247 g/mol. The van der Waals surface area contributed by atoms with E-state index in [2.05, 4.69) is 15.3 Å². The van der Waals surface area contributed by atoms with Crippen LogP contribution in [0.25, 0.3) is 11.0 Å². The first-order valence-corrected chi connectivity index (χ1v) is 5.77. The SMILES string of the molecule is COC(OC)C(C)Nc1ccc2nccnc2c1. The van der Waals surface area contributed by atoms with Crippen LogP contribution in [0.3, 0.4) is 0 Å². The molecule has 1 aromatic carbocycles. The third-order valence-electron chi connectivity index (χ3n) is 2.74. The molecule has 0 fully saturated rings. The highest BCUT2D eigenvalue weighted by atomic mass is 16.7. The van der Waals surface area contributed by atoms with E-state index in [1.165, 1.54) is 0 Å². The maximum Gasteiger partial charge on any atom is 0.176 e. The Labute approximate surface area is 106 Å². The summed E-state index contributed by atoms with van der Waals surface area (Å²) in [4.78, 5) is 8.50. The lowest BCUT2D eigenvalue weighted by atomic mass is 10.2. The first-order chi connectivity index (χ1) is 8.74. The predicted octanol–water partition coefficient (Wildman–Crippen LogP) is 2.05. The van der Waals surface area contributed by atoms with Crippen LogP contribution in [-0.2, 0) is 9.47 Å². The zero-order chi connectivity index (χ0) is 13.0. The second-order valence-electron chi connectivity index (χ2n) is 4.03. The largest absolute Gasteiger partial charge is 0.377 e. The van der Waals surface area contributed by atoms with Gasteiger partial charge in [0.05, 0.1) is 17.1 Å². The molecule has 2 aromatic rings. The van der Waals surface area contributed by atoms with Gasteiger partial charge in [-0.3, -0.25) is 9.97 Å². The lowest BCUT2D eigenvalue weighted by Crippen LogP contribution is -2.33. The number of methoxy groups -OCH3 is 2. The summed E-state index contributed by atoms with van der Waals surface area (Å²) in [6.07, 6.45) is 3.08. The normalized spacial score (nSPS) is 12.9. The van der Waals surface area contributed by atoms with Crippen molar-refractivity contribution in [1.29, 1.82) is 0 Å². The summed E-state index contributed by atoms with van der Waals surface area (Å²) in [5.41, 5.74) is 2.71. The zero-order valence-corrected chi connectivity index (χ0v) is 10.8. The van der Waals surface area contributed by atoms with E-state index < -0.39 is 0 Å². The van der Waals surface area contributed by atoms with Crippen LogP contribution in [0.15, 0.2) is 30.6 Å². The number of anilines is 1. The van der Waals surface area contributed by atoms with Gasteiger partial charge in [0, 0.05) is 32.3 Å². The number of nitrogens with one attached hydrogen (secondary N) is 1. The maximum absolute atomic E-state index is 5.21. The van der Waals surface area contributed by atoms with Gasteiger partial charge in [0.15, 0.2) is 6.29 Å². The molecule has 0 spiro atoms. The summed E-state index contributed by atoms with van der Waals surface area (Å²) >= 11 is 0. The van der Waals surface area contributed by atoms with Crippen molar-refractivity contribution in [2.75, 3.05) is 19.5 Å². The van der Waals surface area contributed by atoms with E-state index >= 15 is 0 Å². The molecule has 0 saturated carbocycles.